The lowest BCUT2D eigenvalue weighted by Crippen LogP contribution is -2.44. The molecule has 6 nitrogen and oxygen atoms in total. The average molecular weight is 352 g/mol. The number of para-hydroxylation sites is 1. The molecule has 120 valence electrons. The van der Waals surface area contributed by atoms with Crippen LogP contribution in [-0.4, -0.2) is 29.7 Å². The molecule has 2 N–H and O–H groups in total. The Kier molecular flexibility index (Phi) is 6.25. The van der Waals surface area contributed by atoms with Crippen molar-refractivity contribution in [3.8, 4) is 5.75 Å². The zero-order valence-corrected chi connectivity index (χ0v) is 13.8. The summed E-state index contributed by atoms with van der Waals surface area (Å²) in [6.45, 7) is -0.271. The molecule has 1 heterocycles. The van der Waals surface area contributed by atoms with E-state index in [0.29, 0.717) is 21.4 Å². The minimum atomic E-state index is -0.507. The van der Waals surface area contributed by atoms with Crippen molar-refractivity contribution in [2.75, 3.05) is 12.9 Å². The lowest BCUT2D eigenvalue weighted by molar-refractivity contribution is -0.123. The van der Waals surface area contributed by atoms with E-state index in [2.05, 4.69) is 15.8 Å². The topological polar surface area (TPSA) is 80.3 Å². The van der Waals surface area contributed by atoms with Crippen molar-refractivity contribution < 1.29 is 14.3 Å². The lowest BCUT2D eigenvalue weighted by atomic mass is 10.3. The van der Waals surface area contributed by atoms with Crippen LogP contribution in [0.4, 0.5) is 0 Å². The number of nitrogens with zero attached hydrogens (tertiary/aromatic N) is 1. The number of hydrogen-bond donors (Lipinski definition) is 2. The number of ether oxygens (including phenoxy) is 1. The van der Waals surface area contributed by atoms with E-state index >= 15 is 0 Å². The van der Waals surface area contributed by atoms with Crippen LogP contribution in [0.25, 0.3) is 0 Å². The van der Waals surface area contributed by atoms with Gasteiger partial charge in [0.05, 0.1) is 10.6 Å². The summed E-state index contributed by atoms with van der Waals surface area (Å²) in [5.74, 6) is -0.561. The Labute approximate surface area is 142 Å². The van der Waals surface area contributed by atoms with Gasteiger partial charge in [0, 0.05) is 6.20 Å². The predicted octanol–water partition coefficient (Wildman–Crippen LogP) is 2.30. The van der Waals surface area contributed by atoms with E-state index in [-0.39, 0.29) is 6.61 Å². The number of rotatable bonds is 5. The number of aromatic nitrogens is 1. The summed E-state index contributed by atoms with van der Waals surface area (Å²) in [6, 6.07) is 10.1. The van der Waals surface area contributed by atoms with Gasteiger partial charge >= 0.3 is 0 Å². The number of amides is 2. The molecule has 0 saturated heterocycles. The van der Waals surface area contributed by atoms with Crippen molar-refractivity contribution >= 4 is 35.2 Å². The van der Waals surface area contributed by atoms with Crippen LogP contribution in [0.5, 0.6) is 5.75 Å². The zero-order valence-electron chi connectivity index (χ0n) is 12.2. The molecule has 0 radical (unpaired) electrons. The molecule has 1 aromatic carbocycles. The first-order valence-electron chi connectivity index (χ1n) is 6.57. The SMILES string of the molecule is CSc1ncccc1C(=O)NNC(=O)COc1ccccc1Cl. The van der Waals surface area contributed by atoms with Gasteiger partial charge in [-0.3, -0.25) is 20.4 Å². The fourth-order valence-corrected chi connectivity index (χ4v) is 2.40. The molecule has 2 amide bonds. The van der Waals surface area contributed by atoms with Crippen LogP contribution in [0.15, 0.2) is 47.6 Å². The number of carbonyl (C=O) groups excluding carboxylic acids is 2. The normalized spacial score (nSPS) is 10.0. The van der Waals surface area contributed by atoms with E-state index < -0.39 is 11.8 Å². The van der Waals surface area contributed by atoms with Crippen LogP contribution in [-0.2, 0) is 4.79 Å². The Bertz CT molecular complexity index is 712. The number of hydrogen-bond acceptors (Lipinski definition) is 5. The fraction of sp³-hybridized carbons (Fsp3) is 0.133. The molecule has 0 bridgehead atoms. The van der Waals surface area contributed by atoms with Gasteiger partial charge in [0.15, 0.2) is 6.61 Å². The molecular formula is C15H14ClN3O3S. The molecule has 0 unspecified atom stereocenters. The van der Waals surface area contributed by atoms with Gasteiger partial charge < -0.3 is 4.74 Å². The Morgan fingerprint density at radius 3 is 2.74 bits per heavy atom. The Morgan fingerprint density at radius 1 is 1.22 bits per heavy atom. The van der Waals surface area contributed by atoms with Gasteiger partial charge in [-0.15, -0.1) is 11.8 Å². The van der Waals surface area contributed by atoms with E-state index in [1.807, 2.05) is 6.26 Å². The van der Waals surface area contributed by atoms with Crippen LogP contribution in [0.2, 0.25) is 5.02 Å². The highest BCUT2D eigenvalue weighted by Gasteiger charge is 2.12. The Hall–Kier alpha value is -2.25. The molecule has 0 fully saturated rings. The van der Waals surface area contributed by atoms with E-state index in [4.69, 9.17) is 16.3 Å². The maximum absolute atomic E-state index is 12.0. The standard InChI is InChI=1S/C15H14ClN3O3S/c1-23-15-10(5-4-8-17-15)14(21)19-18-13(20)9-22-12-7-3-2-6-11(12)16/h2-8H,9H2,1H3,(H,18,20)(H,19,21). The highest BCUT2D eigenvalue weighted by molar-refractivity contribution is 7.98. The van der Waals surface area contributed by atoms with Gasteiger partial charge in [-0.05, 0) is 30.5 Å². The van der Waals surface area contributed by atoms with Gasteiger partial charge in [-0.2, -0.15) is 0 Å². The lowest BCUT2D eigenvalue weighted by Gasteiger charge is -2.10. The highest BCUT2D eigenvalue weighted by atomic mass is 35.5. The van der Waals surface area contributed by atoms with E-state index in [9.17, 15) is 9.59 Å². The number of nitrogens with one attached hydrogen (secondary N) is 2. The number of thioether (sulfide) groups is 1. The van der Waals surface area contributed by atoms with Gasteiger partial charge in [0.25, 0.3) is 11.8 Å². The first-order chi connectivity index (χ1) is 11.1. The first kappa shape index (κ1) is 17.1. The summed E-state index contributed by atoms with van der Waals surface area (Å²) in [5.41, 5.74) is 4.98. The van der Waals surface area contributed by atoms with Gasteiger partial charge in [-0.1, -0.05) is 23.7 Å². The molecule has 0 aliphatic heterocycles. The van der Waals surface area contributed by atoms with E-state index in [1.54, 1.807) is 42.6 Å². The Morgan fingerprint density at radius 2 is 2.00 bits per heavy atom. The number of halogens is 1. The van der Waals surface area contributed by atoms with Crippen LogP contribution in [0.3, 0.4) is 0 Å². The van der Waals surface area contributed by atoms with Crippen molar-refractivity contribution in [3.63, 3.8) is 0 Å². The van der Waals surface area contributed by atoms with Crippen molar-refractivity contribution in [1.29, 1.82) is 0 Å². The molecule has 0 aliphatic rings. The monoisotopic (exact) mass is 351 g/mol. The third-order valence-corrected chi connectivity index (χ3v) is 3.74. The van der Waals surface area contributed by atoms with Crippen molar-refractivity contribution in [2.45, 2.75) is 5.03 Å². The first-order valence-corrected chi connectivity index (χ1v) is 8.17. The molecule has 1 aromatic heterocycles. The van der Waals surface area contributed by atoms with Crippen molar-refractivity contribution in [2.24, 2.45) is 0 Å². The number of pyridine rings is 1. The minimum Gasteiger partial charge on any atom is -0.482 e. The van der Waals surface area contributed by atoms with Gasteiger partial charge in [0.1, 0.15) is 10.8 Å². The second-order valence-corrected chi connectivity index (χ2v) is 5.48. The van der Waals surface area contributed by atoms with Crippen LogP contribution in [0.1, 0.15) is 10.4 Å². The van der Waals surface area contributed by atoms with Crippen molar-refractivity contribution in [1.82, 2.24) is 15.8 Å². The second-order valence-electron chi connectivity index (χ2n) is 4.28. The summed E-state index contributed by atoms with van der Waals surface area (Å²) in [4.78, 5) is 27.8. The number of carbonyl (C=O) groups is 2. The zero-order chi connectivity index (χ0) is 16.7. The summed E-state index contributed by atoms with van der Waals surface area (Å²) in [5, 5.41) is 0.982. The van der Waals surface area contributed by atoms with E-state index in [0.717, 1.165) is 0 Å². The third-order valence-electron chi connectivity index (χ3n) is 2.72. The summed E-state index contributed by atoms with van der Waals surface area (Å²) < 4.78 is 5.27. The molecule has 0 atom stereocenters. The molecular weight excluding hydrogens is 338 g/mol. The van der Waals surface area contributed by atoms with Crippen molar-refractivity contribution in [3.05, 3.63) is 53.2 Å². The number of benzene rings is 1. The predicted molar refractivity (Wildman–Crippen MR) is 88.6 cm³/mol. The van der Waals surface area contributed by atoms with E-state index in [1.165, 1.54) is 11.8 Å². The number of hydrazine groups is 1. The minimum absolute atomic E-state index is 0.271. The van der Waals surface area contributed by atoms with Gasteiger partial charge in [0.2, 0.25) is 0 Å². The van der Waals surface area contributed by atoms with Crippen LogP contribution in [0, 0.1) is 0 Å². The Balaban J connectivity index is 1.84. The van der Waals surface area contributed by atoms with Crippen LogP contribution >= 0.6 is 23.4 Å². The summed E-state index contributed by atoms with van der Waals surface area (Å²) in [7, 11) is 0. The fourth-order valence-electron chi connectivity index (χ4n) is 1.66. The largest absolute Gasteiger partial charge is 0.482 e. The molecule has 23 heavy (non-hydrogen) atoms. The van der Waals surface area contributed by atoms with Gasteiger partial charge in [-0.25, -0.2) is 4.98 Å². The summed E-state index contributed by atoms with van der Waals surface area (Å²) >= 11 is 7.26. The third kappa shape index (κ3) is 4.87. The second kappa shape index (κ2) is 8.40. The highest BCUT2D eigenvalue weighted by Crippen LogP contribution is 2.22. The maximum atomic E-state index is 12.0. The average Bonchev–Trinajstić information content (AvgIpc) is 2.58. The smallest absolute Gasteiger partial charge is 0.276 e. The maximum Gasteiger partial charge on any atom is 0.276 e. The van der Waals surface area contributed by atoms with Crippen LogP contribution < -0.4 is 15.6 Å². The summed E-state index contributed by atoms with van der Waals surface area (Å²) in [6.07, 6.45) is 3.41. The molecule has 2 aromatic rings. The molecule has 2 rings (SSSR count). The molecule has 0 aliphatic carbocycles. The molecule has 0 saturated carbocycles. The quantitative estimate of drug-likeness (QED) is 0.638. The molecule has 0 spiro atoms. The molecule has 8 heteroatoms.